The number of pyridine rings is 1. The topological polar surface area (TPSA) is 51.4 Å². The zero-order valence-corrected chi connectivity index (χ0v) is 18.7. The molecule has 1 aromatic carbocycles. The van der Waals surface area contributed by atoms with E-state index in [9.17, 15) is 0 Å². The molecule has 1 aliphatic heterocycles. The molecule has 2 aromatic heterocycles. The van der Waals surface area contributed by atoms with E-state index < -0.39 is 0 Å². The van der Waals surface area contributed by atoms with Crippen molar-refractivity contribution in [2.75, 3.05) is 37.7 Å². The molecule has 0 amide bonds. The molecule has 1 aliphatic carbocycles. The van der Waals surface area contributed by atoms with Crippen LogP contribution in [0.15, 0.2) is 48.8 Å². The number of piperazine rings is 1. The van der Waals surface area contributed by atoms with E-state index in [0.29, 0.717) is 12.6 Å². The first-order chi connectivity index (χ1) is 15.2. The molecule has 1 saturated heterocycles. The number of para-hydroxylation sites is 2. The molecule has 0 atom stereocenters. The third kappa shape index (κ3) is 4.22. The van der Waals surface area contributed by atoms with Gasteiger partial charge in [-0.05, 0) is 56.2 Å². The number of hydrogen-bond acceptors (Lipinski definition) is 6. The van der Waals surface area contributed by atoms with E-state index in [0.717, 1.165) is 54.8 Å². The Morgan fingerprint density at radius 3 is 2.48 bits per heavy atom. The maximum Gasteiger partial charge on any atom is 0.199 e. The first kappa shape index (κ1) is 20.2. The fourth-order valence-corrected chi connectivity index (χ4v) is 4.52. The largest absolute Gasteiger partial charge is 0.492 e. The summed E-state index contributed by atoms with van der Waals surface area (Å²) in [6.45, 7) is 7.26. The third-order valence-corrected chi connectivity index (χ3v) is 6.34. The van der Waals surface area contributed by atoms with E-state index in [2.05, 4.69) is 37.5 Å². The maximum absolute atomic E-state index is 5.84. The molecule has 2 fully saturated rings. The van der Waals surface area contributed by atoms with Crippen molar-refractivity contribution in [3.05, 3.63) is 53.6 Å². The minimum absolute atomic E-state index is 0.483. The molecule has 31 heavy (non-hydrogen) atoms. The van der Waals surface area contributed by atoms with Gasteiger partial charge in [0.15, 0.2) is 10.6 Å². The van der Waals surface area contributed by atoms with Gasteiger partial charge in [0, 0.05) is 50.2 Å². The monoisotopic (exact) mass is 436 g/mol. The van der Waals surface area contributed by atoms with Gasteiger partial charge in [-0.2, -0.15) is 5.10 Å². The molecule has 0 N–H and O–H groups in total. The predicted molar refractivity (Wildman–Crippen MR) is 124 cm³/mol. The molecule has 0 bridgehead atoms. The quantitative estimate of drug-likeness (QED) is 0.522. The molecular weight excluding hydrogens is 408 g/mol. The van der Waals surface area contributed by atoms with Crippen molar-refractivity contribution in [1.29, 1.82) is 0 Å². The van der Waals surface area contributed by atoms with E-state index in [1.54, 1.807) is 0 Å². The Balaban J connectivity index is 1.31. The normalized spacial score (nSPS) is 17.1. The Bertz CT molecular complexity index is 1080. The fraction of sp³-hybridized carbons (Fsp3) is 0.435. The van der Waals surface area contributed by atoms with Crippen LogP contribution >= 0.6 is 12.2 Å². The van der Waals surface area contributed by atoms with Crippen LogP contribution in [-0.2, 0) is 6.67 Å². The Labute approximate surface area is 187 Å². The van der Waals surface area contributed by atoms with Crippen LogP contribution < -0.4 is 9.64 Å². The summed E-state index contributed by atoms with van der Waals surface area (Å²) in [5, 5.41) is 4.92. The molecule has 162 valence electrons. The van der Waals surface area contributed by atoms with Crippen molar-refractivity contribution in [2.45, 2.75) is 32.5 Å². The summed E-state index contributed by atoms with van der Waals surface area (Å²) in [6, 6.07) is 12.8. The lowest BCUT2D eigenvalue weighted by molar-refractivity contribution is 0.193. The molecule has 3 heterocycles. The molecule has 1 saturated carbocycles. The van der Waals surface area contributed by atoms with Crippen LogP contribution in [0, 0.1) is 4.77 Å². The minimum Gasteiger partial charge on any atom is -0.492 e. The molecule has 8 heteroatoms. The highest BCUT2D eigenvalue weighted by molar-refractivity contribution is 7.71. The Kier molecular flexibility index (Phi) is 5.74. The van der Waals surface area contributed by atoms with Crippen LogP contribution in [0.3, 0.4) is 0 Å². The van der Waals surface area contributed by atoms with E-state index in [1.165, 1.54) is 18.5 Å². The summed E-state index contributed by atoms with van der Waals surface area (Å²) in [4.78, 5) is 8.98. The summed E-state index contributed by atoms with van der Waals surface area (Å²) in [5.41, 5.74) is 2.25. The number of benzene rings is 1. The van der Waals surface area contributed by atoms with Gasteiger partial charge in [0.1, 0.15) is 5.75 Å². The summed E-state index contributed by atoms with van der Waals surface area (Å²) in [7, 11) is 0. The molecule has 0 radical (unpaired) electrons. The second-order valence-electron chi connectivity index (χ2n) is 8.09. The van der Waals surface area contributed by atoms with Crippen molar-refractivity contribution >= 4 is 17.9 Å². The van der Waals surface area contributed by atoms with E-state index in [4.69, 9.17) is 22.1 Å². The number of aromatic nitrogens is 4. The van der Waals surface area contributed by atoms with Gasteiger partial charge in [0.25, 0.3) is 0 Å². The first-order valence-corrected chi connectivity index (χ1v) is 11.4. The Hall–Kier alpha value is -2.71. The number of nitrogens with zero attached hydrogens (tertiary/aromatic N) is 6. The lowest BCUT2D eigenvalue weighted by Crippen LogP contribution is -2.47. The van der Waals surface area contributed by atoms with Crippen molar-refractivity contribution < 1.29 is 4.74 Å². The zero-order valence-electron chi connectivity index (χ0n) is 17.9. The van der Waals surface area contributed by atoms with Crippen LogP contribution in [0.1, 0.15) is 25.8 Å². The van der Waals surface area contributed by atoms with Crippen LogP contribution in [0.25, 0.3) is 11.4 Å². The highest BCUT2D eigenvalue weighted by atomic mass is 32.1. The third-order valence-electron chi connectivity index (χ3n) is 5.93. The molecular formula is C23H28N6OS. The van der Waals surface area contributed by atoms with Crippen molar-refractivity contribution in [3.8, 4) is 17.1 Å². The second-order valence-corrected chi connectivity index (χ2v) is 8.46. The highest BCUT2D eigenvalue weighted by Crippen LogP contribution is 2.38. The molecule has 2 aliphatic rings. The zero-order chi connectivity index (χ0) is 21.2. The Morgan fingerprint density at radius 2 is 1.77 bits per heavy atom. The van der Waals surface area contributed by atoms with Gasteiger partial charge in [-0.25, -0.2) is 4.68 Å². The van der Waals surface area contributed by atoms with Crippen molar-refractivity contribution in [3.63, 3.8) is 0 Å². The Morgan fingerprint density at radius 1 is 1.03 bits per heavy atom. The first-order valence-electron chi connectivity index (χ1n) is 11.0. The van der Waals surface area contributed by atoms with Gasteiger partial charge < -0.3 is 9.64 Å². The molecule has 5 rings (SSSR count). The van der Waals surface area contributed by atoms with Crippen LogP contribution in [0.4, 0.5) is 5.69 Å². The van der Waals surface area contributed by atoms with Gasteiger partial charge >= 0.3 is 0 Å². The van der Waals surface area contributed by atoms with Gasteiger partial charge in [-0.15, -0.1) is 0 Å². The molecule has 0 spiro atoms. The lowest BCUT2D eigenvalue weighted by atomic mass is 10.2. The molecule has 7 nitrogen and oxygen atoms in total. The van der Waals surface area contributed by atoms with E-state index in [-0.39, 0.29) is 0 Å². The fourth-order valence-electron chi connectivity index (χ4n) is 4.19. The van der Waals surface area contributed by atoms with Crippen LogP contribution in [-0.4, -0.2) is 57.0 Å². The number of rotatable bonds is 7. The minimum atomic E-state index is 0.483. The summed E-state index contributed by atoms with van der Waals surface area (Å²) >= 11 is 5.84. The van der Waals surface area contributed by atoms with Gasteiger partial charge in [0.05, 0.1) is 19.0 Å². The lowest BCUT2D eigenvalue weighted by Gasteiger charge is -2.36. The highest BCUT2D eigenvalue weighted by Gasteiger charge is 2.29. The number of anilines is 1. The molecule has 0 unspecified atom stereocenters. The summed E-state index contributed by atoms with van der Waals surface area (Å²) in [5.74, 6) is 1.92. The van der Waals surface area contributed by atoms with Gasteiger partial charge in [-0.1, -0.05) is 12.1 Å². The summed E-state index contributed by atoms with van der Waals surface area (Å²) in [6.07, 6.45) is 5.98. The van der Waals surface area contributed by atoms with Crippen LogP contribution in [0.2, 0.25) is 0 Å². The van der Waals surface area contributed by atoms with Crippen molar-refractivity contribution in [2.24, 2.45) is 0 Å². The van der Waals surface area contributed by atoms with Crippen molar-refractivity contribution in [1.82, 2.24) is 24.2 Å². The van der Waals surface area contributed by atoms with Gasteiger partial charge in [-0.3, -0.25) is 14.5 Å². The number of ether oxygens (including phenoxy) is 1. The predicted octanol–water partition coefficient (Wildman–Crippen LogP) is 3.99. The van der Waals surface area contributed by atoms with E-state index >= 15 is 0 Å². The second kappa shape index (κ2) is 8.80. The SMILES string of the molecule is CCOc1ccccc1N1CCN(Cn2nc(-c3ccncc3)n(C3CC3)c2=S)CC1. The standard InChI is InChI=1S/C23H28N6OS/c1-2-30-21-6-4-3-5-20(21)27-15-13-26(14-16-27)17-28-23(31)29(19-7-8-19)22(25-28)18-9-11-24-12-10-18/h3-6,9-12,19H,2,7-8,13-17H2,1H3. The maximum atomic E-state index is 5.84. The smallest absolute Gasteiger partial charge is 0.199 e. The molecule has 3 aromatic rings. The number of hydrogen-bond donors (Lipinski definition) is 0. The van der Waals surface area contributed by atoms with Gasteiger partial charge in [0.2, 0.25) is 0 Å². The average Bonchev–Trinajstić information content (AvgIpc) is 3.60. The van der Waals surface area contributed by atoms with Crippen LogP contribution in [0.5, 0.6) is 5.75 Å². The average molecular weight is 437 g/mol. The summed E-state index contributed by atoms with van der Waals surface area (Å²) < 4.78 is 10.9. The van der Waals surface area contributed by atoms with E-state index in [1.807, 2.05) is 42.2 Å².